The van der Waals surface area contributed by atoms with Crippen LogP contribution < -0.4 is 10.6 Å². The molecule has 0 unspecified atom stereocenters. The molecule has 22 heavy (non-hydrogen) atoms. The van der Waals surface area contributed by atoms with Crippen molar-refractivity contribution < 1.29 is 4.79 Å². The Morgan fingerprint density at radius 2 is 2.05 bits per heavy atom. The number of aryl methyl sites for hydroxylation is 3. The number of amides is 2. The van der Waals surface area contributed by atoms with Gasteiger partial charge in [-0.3, -0.25) is 4.68 Å². The van der Waals surface area contributed by atoms with Gasteiger partial charge in [-0.25, -0.2) is 9.78 Å². The molecule has 2 atom stereocenters. The van der Waals surface area contributed by atoms with E-state index in [4.69, 9.17) is 0 Å². The van der Waals surface area contributed by atoms with Gasteiger partial charge in [0, 0.05) is 24.2 Å². The maximum absolute atomic E-state index is 12.1. The molecule has 0 fully saturated rings. The fraction of sp³-hybridized carbons (Fsp3) is 0.533. The smallest absolute Gasteiger partial charge is 0.315 e. The normalized spacial score (nSPS) is 13.7. The van der Waals surface area contributed by atoms with E-state index in [2.05, 4.69) is 27.6 Å². The highest BCUT2D eigenvalue weighted by molar-refractivity contribution is 7.09. The van der Waals surface area contributed by atoms with Gasteiger partial charge in [0.2, 0.25) is 0 Å². The monoisotopic (exact) mass is 321 g/mol. The van der Waals surface area contributed by atoms with Gasteiger partial charge < -0.3 is 10.6 Å². The summed E-state index contributed by atoms with van der Waals surface area (Å²) in [6.07, 6.45) is 2.85. The molecule has 0 aliphatic carbocycles. The number of rotatable bonds is 5. The van der Waals surface area contributed by atoms with E-state index in [1.165, 1.54) is 0 Å². The maximum atomic E-state index is 12.1. The summed E-state index contributed by atoms with van der Waals surface area (Å²) in [4.78, 5) is 16.6. The number of aromatic nitrogens is 3. The van der Waals surface area contributed by atoms with E-state index in [1.807, 2.05) is 39.4 Å². The summed E-state index contributed by atoms with van der Waals surface area (Å²) in [6, 6.07) is -0.407. The third-order valence-corrected chi connectivity index (χ3v) is 4.54. The van der Waals surface area contributed by atoms with Crippen molar-refractivity contribution in [2.45, 2.75) is 46.2 Å². The van der Waals surface area contributed by atoms with Gasteiger partial charge >= 0.3 is 6.03 Å². The molecule has 2 heterocycles. The highest BCUT2D eigenvalue weighted by Crippen LogP contribution is 2.18. The van der Waals surface area contributed by atoms with Gasteiger partial charge in [0.1, 0.15) is 0 Å². The highest BCUT2D eigenvalue weighted by Gasteiger charge is 2.17. The number of urea groups is 1. The second-order valence-electron chi connectivity index (χ2n) is 5.42. The highest BCUT2D eigenvalue weighted by atomic mass is 32.1. The van der Waals surface area contributed by atoms with Crippen molar-refractivity contribution in [2.24, 2.45) is 7.05 Å². The van der Waals surface area contributed by atoms with Crippen molar-refractivity contribution in [3.05, 3.63) is 33.5 Å². The van der Waals surface area contributed by atoms with E-state index in [0.717, 1.165) is 28.4 Å². The van der Waals surface area contributed by atoms with Crippen molar-refractivity contribution in [1.29, 1.82) is 0 Å². The topological polar surface area (TPSA) is 71.8 Å². The van der Waals surface area contributed by atoms with Crippen LogP contribution in [0, 0.1) is 6.92 Å². The molecule has 0 aliphatic rings. The summed E-state index contributed by atoms with van der Waals surface area (Å²) >= 11 is 1.63. The molecule has 0 aromatic carbocycles. The number of nitrogens with zero attached hydrogens (tertiary/aromatic N) is 3. The first-order valence-electron chi connectivity index (χ1n) is 7.42. The van der Waals surface area contributed by atoms with Crippen LogP contribution in [0.25, 0.3) is 0 Å². The Labute approximate surface area is 135 Å². The molecule has 0 aliphatic heterocycles. The van der Waals surface area contributed by atoms with E-state index in [-0.39, 0.29) is 18.1 Å². The second kappa shape index (κ2) is 6.91. The quantitative estimate of drug-likeness (QED) is 0.889. The number of hydrogen-bond acceptors (Lipinski definition) is 4. The lowest BCUT2D eigenvalue weighted by molar-refractivity contribution is 0.234. The first-order valence-corrected chi connectivity index (χ1v) is 8.30. The molecular weight excluding hydrogens is 298 g/mol. The van der Waals surface area contributed by atoms with Gasteiger partial charge in [-0.2, -0.15) is 5.10 Å². The lowest BCUT2D eigenvalue weighted by atomic mass is 10.1. The average molecular weight is 321 g/mol. The SMILES string of the molecule is CCc1nc([C@@H](C)NC(=O)N[C@@H](C)c2cn(C)nc2C)cs1. The fourth-order valence-electron chi connectivity index (χ4n) is 2.32. The first kappa shape index (κ1) is 16.5. The summed E-state index contributed by atoms with van der Waals surface area (Å²) in [5, 5.41) is 13.3. The third kappa shape index (κ3) is 3.85. The van der Waals surface area contributed by atoms with Crippen molar-refractivity contribution in [3.8, 4) is 0 Å². The Morgan fingerprint density at radius 3 is 2.59 bits per heavy atom. The molecule has 2 aromatic heterocycles. The van der Waals surface area contributed by atoms with Gasteiger partial charge in [0.25, 0.3) is 0 Å². The Kier molecular flexibility index (Phi) is 5.18. The maximum Gasteiger partial charge on any atom is 0.315 e. The Bertz CT molecular complexity index is 648. The van der Waals surface area contributed by atoms with Crippen molar-refractivity contribution in [1.82, 2.24) is 25.4 Å². The molecule has 120 valence electrons. The van der Waals surface area contributed by atoms with Gasteiger partial charge in [-0.1, -0.05) is 6.92 Å². The van der Waals surface area contributed by atoms with Gasteiger partial charge in [0.05, 0.1) is 28.5 Å². The molecule has 0 spiro atoms. The summed E-state index contributed by atoms with van der Waals surface area (Å²) < 4.78 is 1.75. The predicted molar refractivity (Wildman–Crippen MR) is 87.9 cm³/mol. The molecule has 2 rings (SSSR count). The molecule has 2 amide bonds. The minimum Gasteiger partial charge on any atom is -0.332 e. The molecule has 7 heteroatoms. The van der Waals surface area contributed by atoms with Crippen molar-refractivity contribution in [2.75, 3.05) is 0 Å². The van der Waals surface area contributed by atoms with E-state index >= 15 is 0 Å². The van der Waals surface area contributed by atoms with Crippen LogP contribution in [0.1, 0.15) is 54.8 Å². The summed E-state index contributed by atoms with van der Waals surface area (Å²) in [6.45, 7) is 7.90. The molecule has 0 radical (unpaired) electrons. The summed E-state index contributed by atoms with van der Waals surface area (Å²) in [5.41, 5.74) is 2.85. The molecular formula is C15H23N5OS. The lowest BCUT2D eigenvalue weighted by Gasteiger charge is -2.17. The van der Waals surface area contributed by atoms with Crippen LogP contribution in [0.4, 0.5) is 4.79 Å². The van der Waals surface area contributed by atoms with Crippen molar-refractivity contribution >= 4 is 17.4 Å². The molecule has 0 saturated heterocycles. The van der Waals surface area contributed by atoms with E-state index in [9.17, 15) is 4.79 Å². The molecule has 6 nitrogen and oxygen atoms in total. The van der Waals surface area contributed by atoms with E-state index < -0.39 is 0 Å². The van der Waals surface area contributed by atoms with Crippen LogP contribution in [0.3, 0.4) is 0 Å². The standard InChI is InChI=1S/C15H23N5OS/c1-6-14-18-13(8-22-14)11(4)17-15(21)16-9(2)12-7-20(5)19-10(12)3/h7-9,11H,6H2,1-5H3,(H2,16,17,21)/t9-,11+/m0/s1. The molecule has 0 bridgehead atoms. The number of nitrogens with one attached hydrogen (secondary N) is 2. The van der Waals surface area contributed by atoms with Gasteiger partial charge in [-0.05, 0) is 27.2 Å². The first-order chi connectivity index (χ1) is 10.4. The van der Waals surface area contributed by atoms with E-state index in [0.29, 0.717) is 0 Å². The third-order valence-electron chi connectivity index (χ3n) is 3.53. The zero-order valence-electron chi connectivity index (χ0n) is 13.7. The summed E-state index contributed by atoms with van der Waals surface area (Å²) in [5.74, 6) is 0. The second-order valence-corrected chi connectivity index (χ2v) is 6.37. The number of thiazole rings is 1. The van der Waals surface area contributed by atoms with E-state index in [1.54, 1.807) is 16.0 Å². The van der Waals surface area contributed by atoms with Crippen LogP contribution in [0.2, 0.25) is 0 Å². The van der Waals surface area contributed by atoms with Crippen molar-refractivity contribution in [3.63, 3.8) is 0 Å². The zero-order chi connectivity index (χ0) is 16.3. The van der Waals surface area contributed by atoms with Crippen LogP contribution in [0.5, 0.6) is 0 Å². The lowest BCUT2D eigenvalue weighted by Crippen LogP contribution is -2.38. The zero-order valence-corrected chi connectivity index (χ0v) is 14.5. The predicted octanol–water partition coefficient (Wildman–Crippen LogP) is 2.87. The Morgan fingerprint density at radius 1 is 1.36 bits per heavy atom. The number of carbonyl (C=O) groups excluding carboxylic acids is 1. The molecule has 2 aromatic rings. The van der Waals surface area contributed by atoms with Crippen LogP contribution in [0.15, 0.2) is 11.6 Å². The fourth-order valence-corrected chi connectivity index (χ4v) is 3.15. The van der Waals surface area contributed by atoms with Crippen LogP contribution in [-0.2, 0) is 13.5 Å². The Hall–Kier alpha value is -1.89. The number of carbonyl (C=O) groups is 1. The number of hydrogen-bond donors (Lipinski definition) is 2. The minimum atomic E-state index is -0.200. The Balaban J connectivity index is 1.93. The largest absolute Gasteiger partial charge is 0.332 e. The van der Waals surface area contributed by atoms with Crippen LogP contribution in [-0.4, -0.2) is 20.8 Å². The molecule has 2 N–H and O–H groups in total. The van der Waals surface area contributed by atoms with Crippen LogP contribution >= 0.6 is 11.3 Å². The summed E-state index contributed by atoms with van der Waals surface area (Å²) in [7, 11) is 1.87. The minimum absolute atomic E-state index is 0.0949. The molecule has 0 saturated carbocycles. The van der Waals surface area contributed by atoms with Gasteiger partial charge in [0.15, 0.2) is 0 Å². The van der Waals surface area contributed by atoms with Gasteiger partial charge in [-0.15, -0.1) is 11.3 Å². The average Bonchev–Trinajstić information content (AvgIpc) is 3.04.